The Balaban J connectivity index is 1.28. The highest BCUT2D eigenvalue weighted by Gasteiger charge is 2.45. The third-order valence-electron chi connectivity index (χ3n) is 5.78. The number of benzene rings is 2. The third-order valence-corrected chi connectivity index (χ3v) is 6.12. The van der Waals surface area contributed by atoms with Crippen molar-refractivity contribution in [3.8, 4) is 0 Å². The average molecular weight is 354 g/mol. The molecule has 0 spiro atoms. The predicted octanol–water partition coefficient (Wildman–Crippen LogP) is 5.29. The van der Waals surface area contributed by atoms with E-state index in [2.05, 4.69) is 35.6 Å². The number of carbonyl (C=O) groups excluding carboxylic acids is 1. The monoisotopic (exact) mass is 353 g/mol. The summed E-state index contributed by atoms with van der Waals surface area (Å²) >= 11 is 6.26. The zero-order valence-corrected chi connectivity index (χ0v) is 15.1. The normalized spacial score (nSPS) is 28.4. The Labute approximate surface area is 154 Å². The molecular formula is C22H24ClNO. The van der Waals surface area contributed by atoms with Crippen LogP contribution in [-0.2, 0) is 4.79 Å². The summed E-state index contributed by atoms with van der Waals surface area (Å²) in [4.78, 5) is 12.6. The van der Waals surface area contributed by atoms with Gasteiger partial charge in [-0.25, -0.2) is 0 Å². The molecule has 1 amide bonds. The molecule has 1 N–H and O–H groups in total. The molecule has 0 radical (unpaired) electrons. The molecule has 2 nitrogen and oxygen atoms in total. The quantitative estimate of drug-likeness (QED) is 0.795. The van der Waals surface area contributed by atoms with Crippen LogP contribution in [0.1, 0.15) is 55.1 Å². The molecule has 4 rings (SSSR count). The molecule has 3 heteroatoms. The summed E-state index contributed by atoms with van der Waals surface area (Å²) < 4.78 is 0. The highest BCUT2D eigenvalue weighted by Crippen LogP contribution is 2.49. The van der Waals surface area contributed by atoms with Crippen molar-refractivity contribution in [1.82, 2.24) is 5.32 Å². The van der Waals surface area contributed by atoms with Gasteiger partial charge in [0.1, 0.15) is 0 Å². The fraction of sp³-hybridized carbons (Fsp3) is 0.409. The van der Waals surface area contributed by atoms with E-state index in [0.717, 1.165) is 42.7 Å². The summed E-state index contributed by atoms with van der Waals surface area (Å²) in [6, 6.07) is 19.0. The first-order valence-corrected chi connectivity index (χ1v) is 9.70. The van der Waals surface area contributed by atoms with Gasteiger partial charge in [0.2, 0.25) is 5.91 Å². The van der Waals surface area contributed by atoms with Crippen molar-refractivity contribution < 1.29 is 4.79 Å². The summed E-state index contributed by atoms with van der Waals surface area (Å²) in [5.74, 6) is 1.26. The number of carbonyl (C=O) groups is 1. The lowest BCUT2D eigenvalue weighted by atomic mass is 9.82. The molecule has 0 heterocycles. The molecular weight excluding hydrogens is 330 g/mol. The third kappa shape index (κ3) is 3.74. The van der Waals surface area contributed by atoms with Crippen molar-refractivity contribution in [2.24, 2.45) is 5.92 Å². The molecule has 25 heavy (non-hydrogen) atoms. The van der Waals surface area contributed by atoms with E-state index in [1.54, 1.807) is 0 Å². The predicted molar refractivity (Wildman–Crippen MR) is 102 cm³/mol. The maximum Gasteiger partial charge on any atom is 0.223 e. The number of amides is 1. The molecule has 2 aliphatic rings. The van der Waals surface area contributed by atoms with Gasteiger partial charge in [0.25, 0.3) is 0 Å². The average Bonchev–Trinajstić information content (AvgIpc) is 3.44. The molecule has 2 fully saturated rings. The second-order valence-electron chi connectivity index (χ2n) is 7.44. The second-order valence-corrected chi connectivity index (χ2v) is 7.85. The van der Waals surface area contributed by atoms with Crippen LogP contribution in [0.4, 0.5) is 0 Å². The number of hydrogen-bond acceptors (Lipinski definition) is 1. The van der Waals surface area contributed by atoms with Crippen LogP contribution in [0.3, 0.4) is 0 Å². The summed E-state index contributed by atoms with van der Waals surface area (Å²) in [5.41, 5.74) is 2.56. The van der Waals surface area contributed by atoms with Gasteiger partial charge in [0, 0.05) is 17.0 Å². The van der Waals surface area contributed by atoms with E-state index in [0.29, 0.717) is 17.9 Å². The highest BCUT2D eigenvalue weighted by molar-refractivity contribution is 6.31. The van der Waals surface area contributed by atoms with Crippen molar-refractivity contribution in [1.29, 1.82) is 0 Å². The minimum Gasteiger partial charge on any atom is -0.353 e. The van der Waals surface area contributed by atoms with E-state index < -0.39 is 0 Å². The number of hydrogen-bond donors (Lipinski definition) is 1. The van der Waals surface area contributed by atoms with Gasteiger partial charge in [0.15, 0.2) is 0 Å². The van der Waals surface area contributed by atoms with Crippen LogP contribution in [0, 0.1) is 5.92 Å². The standard InChI is InChI=1S/C22H24ClNO/c23-21-9-5-4-8-18(21)19-14-20(19)22(25)24-17-12-10-16(11-13-17)15-6-2-1-3-7-15/h1-9,16-17,19-20H,10-14H2,(H,24,25). The number of nitrogens with one attached hydrogen (secondary N) is 1. The van der Waals surface area contributed by atoms with E-state index in [-0.39, 0.29) is 11.8 Å². The summed E-state index contributed by atoms with van der Waals surface area (Å²) in [5, 5.41) is 4.07. The van der Waals surface area contributed by atoms with Crippen LogP contribution in [0.25, 0.3) is 0 Å². The van der Waals surface area contributed by atoms with Crippen LogP contribution in [0.5, 0.6) is 0 Å². The van der Waals surface area contributed by atoms with Gasteiger partial charge in [-0.1, -0.05) is 60.1 Å². The van der Waals surface area contributed by atoms with Gasteiger partial charge < -0.3 is 5.32 Å². The van der Waals surface area contributed by atoms with E-state index in [4.69, 9.17) is 11.6 Å². The first kappa shape index (κ1) is 16.7. The molecule has 0 aromatic heterocycles. The summed E-state index contributed by atoms with van der Waals surface area (Å²) in [6.07, 6.45) is 5.40. The molecule has 0 bridgehead atoms. The van der Waals surface area contributed by atoms with Crippen LogP contribution in [0.2, 0.25) is 5.02 Å². The van der Waals surface area contributed by atoms with Crippen LogP contribution in [-0.4, -0.2) is 11.9 Å². The SMILES string of the molecule is O=C(NC1CCC(c2ccccc2)CC1)C1CC1c1ccccc1Cl. The fourth-order valence-corrected chi connectivity index (χ4v) is 4.48. The fourth-order valence-electron chi connectivity index (χ4n) is 4.21. The van der Waals surface area contributed by atoms with Gasteiger partial charge >= 0.3 is 0 Å². The van der Waals surface area contributed by atoms with Crippen LogP contribution < -0.4 is 5.32 Å². The summed E-state index contributed by atoms with van der Waals surface area (Å²) in [7, 11) is 0. The minimum atomic E-state index is 0.103. The summed E-state index contributed by atoms with van der Waals surface area (Å²) in [6.45, 7) is 0. The zero-order chi connectivity index (χ0) is 17.2. The second kappa shape index (κ2) is 7.21. The first-order valence-electron chi connectivity index (χ1n) is 9.32. The molecule has 0 saturated heterocycles. The molecule has 2 saturated carbocycles. The topological polar surface area (TPSA) is 29.1 Å². The largest absolute Gasteiger partial charge is 0.353 e. The van der Waals surface area contributed by atoms with E-state index in [1.165, 1.54) is 5.56 Å². The van der Waals surface area contributed by atoms with Gasteiger partial charge in [-0.15, -0.1) is 0 Å². The Hall–Kier alpha value is -1.80. The first-order chi connectivity index (χ1) is 12.2. The van der Waals surface area contributed by atoms with Gasteiger partial charge in [-0.2, -0.15) is 0 Å². The van der Waals surface area contributed by atoms with Gasteiger partial charge in [-0.05, 0) is 61.1 Å². The van der Waals surface area contributed by atoms with Crippen LogP contribution in [0.15, 0.2) is 54.6 Å². The van der Waals surface area contributed by atoms with Gasteiger partial charge in [-0.3, -0.25) is 4.79 Å². The Morgan fingerprint density at radius 3 is 2.32 bits per heavy atom. The van der Waals surface area contributed by atoms with Crippen molar-refractivity contribution in [3.05, 3.63) is 70.7 Å². The maximum absolute atomic E-state index is 12.6. The lowest BCUT2D eigenvalue weighted by Crippen LogP contribution is -2.38. The smallest absolute Gasteiger partial charge is 0.223 e. The molecule has 130 valence electrons. The van der Waals surface area contributed by atoms with Crippen molar-refractivity contribution in [3.63, 3.8) is 0 Å². The van der Waals surface area contributed by atoms with E-state index in [1.807, 2.05) is 24.3 Å². The molecule has 2 aromatic rings. The maximum atomic E-state index is 12.6. The molecule has 2 atom stereocenters. The number of halogens is 1. The zero-order valence-electron chi connectivity index (χ0n) is 14.3. The molecule has 2 unspecified atom stereocenters. The van der Waals surface area contributed by atoms with Gasteiger partial charge in [0.05, 0.1) is 0 Å². The Morgan fingerprint density at radius 1 is 0.920 bits per heavy atom. The Morgan fingerprint density at radius 2 is 1.60 bits per heavy atom. The van der Waals surface area contributed by atoms with Crippen molar-refractivity contribution in [2.75, 3.05) is 0 Å². The van der Waals surface area contributed by atoms with Crippen molar-refractivity contribution in [2.45, 2.75) is 50.0 Å². The Kier molecular flexibility index (Phi) is 4.80. The minimum absolute atomic E-state index is 0.103. The highest BCUT2D eigenvalue weighted by atomic mass is 35.5. The lowest BCUT2D eigenvalue weighted by molar-refractivity contribution is -0.123. The van der Waals surface area contributed by atoms with E-state index >= 15 is 0 Å². The molecule has 2 aromatic carbocycles. The molecule has 0 aliphatic heterocycles. The van der Waals surface area contributed by atoms with Crippen molar-refractivity contribution >= 4 is 17.5 Å². The van der Waals surface area contributed by atoms with Crippen LogP contribution >= 0.6 is 11.6 Å². The van der Waals surface area contributed by atoms with E-state index in [9.17, 15) is 4.79 Å². The molecule has 2 aliphatic carbocycles. The Bertz CT molecular complexity index is 737. The number of rotatable bonds is 4. The lowest BCUT2D eigenvalue weighted by Gasteiger charge is -2.29.